The molecule has 1 saturated heterocycles. The molecule has 0 spiro atoms. The van der Waals surface area contributed by atoms with Gasteiger partial charge in [0.25, 0.3) is 0 Å². The highest BCUT2D eigenvalue weighted by atomic mass is 16.5. The zero-order valence-corrected chi connectivity index (χ0v) is 12.6. The van der Waals surface area contributed by atoms with Crippen LogP contribution in [0.2, 0.25) is 0 Å². The zero-order valence-electron chi connectivity index (χ0n) is 12.6. The van der Waals surface area contributed by atoms with Crippen LogP contribution in [0, 0.1) is 0 Å². The van der Waals surface area contributed by atoms with Gasteiger partial charge in [0.05, 0.1) is 11.7 Å². The van der Waals surface area contributed by atoms with Crippen molar-refractivity contribution in [2.75, 3.05) is 6.61 Å². The number of hydrogen-bond acceptors (Lipinski definition) is 4. The minimum Gasteiger partial charge on any atom is -0.480 e. The van der Waals surface area contributed by atoms with Crippen LogP contribution in [0.5, 0.6) is 0 Å². The van der Waals surface area contributed by atoms with E-state index in [4.69, 9.17) is 14.6 Å². The lowest BCUT2D eigenvalue weighted by atomic mass is 10.1. The Labute approximate surface area is 119 Å². The molecule has 6 nitrogen and oxygen atoms in total. The van der Waals surface area contributed by atoms with E-state index >= 15 is 0 Å². The molecule has 1 heterocycles. The summed E-state index contributed by atoms with van der Waals surface area (Å²) in [6.45, 7) is 7.88. The van der Waals surface area contributed by atoms with Gasteiger partial charge in [-0.05, 0) is 40.5 Å². The standard InChI is InChI=1S/C14H25NO5/c1-9-5-6-11(20-9)12(16)15-10(13(17)18)7-8-19-14(2,3)4/h9-11H,5-8H2,1-4H3,(H,15,16)(H,17,18). The molecule has 0 aromatic heterocycles. The fourth-order valence-electron chi connectivity index (χ4n) is 2.00. The van der Waals surface area contributed by atoms with Crippen LogP contribution in [0.15, 0.2) is 0 Å². The van der Waals surface area contributed by atoms with Crippen LogP contribution >= 0.6 is 0 Å². The summed E-state index contributed by atoms with van der Waals surface area (Å²) >= 11 is 0. The van der Waals surface area contributed by atoms with Crippen LogP contribution < -0.4 is 5.32 Å². The van der Waals surface area contributed by atoms with Gasteiger partial charge in [0.2, 0.25) is 5.91 Å². The maximum atomic E-state index is 11.9. The lowest BCUT2D eigenvalue weighted by molar-refractivity contribution is -0.145. The van der Waals surface area contributed by atoms with Gasteiger partial charge in [0, 0.05) is 13.0 Å². The predicted molar refractivity (Wildman–Crippen MR) is 73.5 cm³/mol. The molecular formula is C14H25NO5. The van der Waals surface area contributed by atoms with Crippen LogP contribution in [-0.2, 0) is 19.1 Å². The van der Waals surface area contributed by atoms with Gasteiger partial charge in [-0.15, -0.1) is 0 Å². The summed E-state index contributed by atoms with van der Waals surface area (Å²) in [5, 5.41) is 11.7. The number of rotatable bonds is 6. The third-order valence-electron chi connectivity index (χ3n) is 3.08. The van der Waals surface area contributed by atoms with Gasteiger partial charge in [0.1, 0.15) is 12.1 Å². The number of carboxylic acid groups (broad SMARTS) is 1. The Balaban J connectivity index is 2.42. The molecule has 20 heavy (non-hydrogen) atoms. The number of ether oxygens (including phenoxy) is 2. The van der Waals surface area contributed by atoms with Crippen molar-refractivity contribution >= 4 is 11.9 Å². The van der Waals surface area contributed by atoms with E-state index < -0.39 is 18.1 Å². The van der Waals surface area contributed by atoms with Gasteiger partial charge in [-0.1, -0.05) is 0 Å². The minimum absolute atomic E-state index is 0.0539. The SMILES string of the molecule is CC1CCC(C(=O)NC(CCOC(C)(C)C)C(=O)O)O1. The maximum Gasteiger partial charge on any atom is 0.326 e. The van der Waals surface area contributed by atoms with E-state index in [2.05, 4.69) is 5.32 Å². The van der Waals surface area contributed by atoms with E-state index in [9.17, 15) is 9.59 Å². The fourth-order valence-corrected chi connectivity index (χ4v) is 2.00. The average Bonchev–Trinajstić information content (AvgIpc) is 2.72. The third kappa shape index (κ3) is 5.88. The van der Waals surface area contributed by atoms with E-state index in [0.717, 1.165) is 6.42 Å². The predicted octanol–water partition coefficient (Wildman–Crippen LogP) is 1.33. The molecule has 1 rings (SSSR count). The van der Waals surface area contributed by atoms with Crippen molar-refractivity contribution < 1.29 is 24.2 Å². The molecule has 6 heteroatoms. The molecule has 0 saturated carbocycles. The first kappa shape index (κ1) is 16.9. The molecule has 0 aliphatic carbocycles. The van der Waals surface area contributed by atoms with Gasteiger partial charge in [-0.3, -0.25) is 4.79 Å². The highest BCUT2D eigenvalue weighted by Gasteiger charge is 2.31. The molecule has 0 aromatic carbocycles. The molecule has 116 valence electrons. The van der Waals surface area contributed by atoms with Gasteiger partial charge in [-0.2, -0.15) is 0 Å². The smallest absolute Gasteiger partial charge is 0.326 e. The average molecular weight is 287 g/mol. The molecule has 0 bridgehead atoms. The molecule has 1 fully saturated rings. The Bertz CT molecular complexity index is 350. The largest absolute Gasteiger partial charge is 0.480 e. The highest BCUT2D eigenvalue weighted by molar-refractivity contribution is 5.86. The molecule has 2 N–H and O–H groups in total. The zero-order chi connectivity index (χ0) is 15.3. The van der Waals surface area contributed by atoms with Gasteiger partial charge in [-0.25, -0.2) is 4.79 Å². The molecular weight excluding hydrogens is 262 g/mol. The van der Waals surface area contributed by atoms with Crippen LogP contribution in [0.25, 0.3) is 0 Å². The number of aliphatic carboxylic acids is 1. The van der Waals surface area contributed by atoms with Gasteiger partial charge in [0.15, 0.2) is 0 Å². The first-order valence-electron chi connectivity index (χ1n) is 7.01. The van der Waals surface area contributed by atoms with E-state index in [1.165, 1.54) is 0 Å². The van der Waals surface area contributed by atoms with Crippen LogP contribution in [0.4, 0.5) is 0 Å². The summed E-state index contributed by atoms with van der Waals surface area (Å²) in [7, 11) is 0. The quantitative estimate of drug-likeness (QED) is 0.770. The molecule has 0 aromatic rings. The molecule has 1 aliphatic heterocycles. The van der Waals surface area contributed by atoms with Gasteiger partial charge >= 0.3 is 5.97 Å². The summed E-state index contributed by atoms with van der Waals surface area (Å²) in [6, 6.07) is -0.940. The van der Waals surface area contributed by atoms with Crippen LogP contribution in [0.3, 0.4) is 0 Å². The second kappa shape index (κ2) is 7.04. The normalized spacial score (nSPS) is 24.4. The topological polar surface area (TPSA) is 84.9 Å². The number of carboxylic acids is 1. The third-order valence-corrected chi connectivity index (χ3v) is 3.08. The number of nitrogens with one attached hydrogen (secondary N) is 1. The molecule has 3 atom stereocenters. The van der Waals surface area contributed by atoms with Crippen LogP contribution in [0.1, 0.15) is 47.0 Å². The van der Waals surface area contributed by atoms with E-state index in [0.29, 0.717) is 6.42 Å². The second-order valence-electron chi connectivity index (χ2n) is 6.16. The number of carbonyl (C=O) groups excluding carboxylic acids is 1. The summed E-state index contributed by atoms with van der Waals surface area (Å²) in [5.41, 5.74) is -0.322. The van der Waals surface area contributed by atoms with E-state index in [-0.39, 0.29) is 30.6 Å². The Morgan fingerprint density at radius 3 is 2.50 bits per heavy atom. The minimum atomic E-state index is -1.05. The summed E-state index contributed by atoms with van der Waals surface area (Å²) < 4.78 is 10.9. The van der Waals surface area contributed by atoms with Crippen molar-refractivity contribution in [3.05, 3.63) is 0 Å². The monoisotopic (exact) mass is 287 g/mol. The van der Waals surface area contributed by atoms with Crippen molar-refractivity contribution in [3.63, 3.8) is 0 Å². The van der Waals surface area contributed by atoms with Crippen LogP contribution in [-0.4, -0.2) is 47.4 Å². The van der Waals surface area contributed by atoms with Gasteiger partial charge < -0.3 is 19.9 Å². The van der Waals surface area contributed by atoms with E-state index in [1.807, 2.05) is 27.7 Å². The molecule has 1 amide bonds. The Morgan fingerprint density at radius 2 is 2.05 bits per heavy atom. The first-order valence-corrected chi connectivity index (χ1v) is 7.01. The molecule has 0 radical (unpaired) electrons. The van der Waals surface area contributed by atoms with Crippen molar-refractivity contribution in [1.29, 1.82) is 0 Å². The number of carbonyl (C=O) groups is 2. The van der Waals surface area contributed by atoms with Crippen molar-refractivity contribution in [3.8, 4) is 0 Å². The Kier molecular flexibility index (Phi) is 5.95. The summed E-state index contributed by atoms with van der Waals surface area (Å²) in [6.07, 6.45) is 1.22. The van der Waals surface area contributed by atoms with Crippen molar-refractivity contribution in [2.45, 2.75) is 70.8 Å². The molecule has 1 aliphatic rings. The summed E-state index contributed by atoms with van der Waals surface area (Å²) in [4.78, 5) is 23.1. The first-order chi connectivity index (χ1) is 9.19. The Morgan fingerprint density at radius 1 is 1.40 bits per heavy atom. The summed E-state index contributed by atoms with van der Waals surface area (Å²) in [5.74, 6) is -1.40. The lowest BCUT2D eigenvalue weighted by Crippen LogP contribution is -2.46. The van der Waals surface area contributed by atoms with E-state index in [1.54, 1.807) is 0 Å². The number of hydrogen-bond donors (Lipinski definition) is 2. The fraction of sp³-hybridized carbons (Fsp3) is 0.857. The highest BCUT2D eigenvalue weighted by Crippen LogP contribution is 2.19. The van der Waals surface area contributed by atoms with Crippen molar-refractivity contribution in [1.82, 2.24) is 5.32 Å². The Hall–Kier alpha value is -1.14. The molecule has 3 unspecified atom stereocenters. The lowest BCUT2D eigenvalue weighted by Gasteiger charge is -2.22. The maximum absolute atomic E-state index is 11.9. The second-order valence-corrected chi connectivity index (χ2v) is 6.16. The van der Waals surface area contributed by atoms with Crippen molar-refractivity contribution in [2.24, 2.45) is 0 Å². The number of amides is 1.